The first-order valence-corrected chi connectivity index (χ1v) is 18.0. The maximum atomic E-state index is 2.51. The summed E-state index contributed by atoms with van der Waals surface area (Å²) in [7, 11) is 0. The van der Waals surface area contributed by atoms with Gasteiger partial charge in [-0.05, 0) is 23.7 Å². The van der Waals surface area contributed by atoms with E-state index in [9.17, 15) is 0 Å². The lowest BCUT2D eigenvalue weighted by molar-refractivity contribution is 0.400. The van der Waals surface area contributed by atoms with E-state index in [4.69, 9.17) is 0 Å². The molecule has 0 fully saturated rings. The van der Waals surface area contributed by atoms with Gasteiger partial charge in [0.25, 0.3) is 0 Å². The molecule has 0 saturated carbocycles. The van der Waals surface area contributed by atoms with Crippen LogP contribution in [0.15, 0.2) is 0 Å². The SMILES string of the molecule is CCCCCCCCCCC(C)CCCCCCC(C)CCCCCC(C)CCCCCCC(C)CC. The van der Waals surface area contributed by atoms with Gasteiger partial charge < -0.3 is 0 Å². The van der Waals surface area contributed by atoms with Gasteiger partial charge in [-0.2, -0.15) is 0 Å². The van der Waals surface area contributed by atoms with Gasteiger partial charge in [-0.1, -0.05) is 215 Å². The van der Waals surface area contributed by atoms with Crippen LogP contribution >= 0.6 is 0 Å². The predicted octanol–water partition coefficient (Wildman–Crippen LogP) is 14.1. The number of hydrogen-bond acceptors (Lipinski definition) is 0. The Morgan fingerprint density at radius 3 is 0.757 bits per heavy atom. The van der Waals surface area contributed by atoms with Crippen molar-refractivity contribution in [3.63, 3.8) is 0 Å². The maximum Gasteiger partial charge on any atom is -0.0443 e. The topological polar surface area (TPSA) is 0 Å². The zero-order chi connectivity index (χ0) is 27.4. The Hall–Kier alpha value is 0. The molecule has 0 spiro atoms. The second-order valence-corrected chi connectivity index (χ2v) is 13.7. The Labute approximate surface area is 238 Å². The van der Waals surface area contributed by atoms with Gasteiger partial charge in [-0.15, -0.1) is 0 Å². The number of unbranched alkanes of at least 4 members (excludes halogenated alkanes) is 15. The van der Waals surface area contributed by atoms with Crippen molar-refractivity contribution in [2.45, 2.75) is 215 Å². The van der Waals surface area contributed by atoms with Gasteiger partial charge in [0.15, 0.2) is 0 Å². The standard InChI is InChI=1S/C37H76/c1-7-9-10-11-12-13-14-21-28-35(4)29-23-17-18-24-31-37(6)33-26-19-25-32-36(5)30-22-16-15-20-27-34(3)8-2/h34-37H,7-33H2,1-6H3. The summed E-state index contributed by atoms with van der Waals surface area (Å²) in [5, 5.41) is 0. The largest absolute Gasteiger partial charge is 0.0654 e. The Kier molecular flexibility index (Phi) is 29.0. The molecule has 4 unspecified atom stereocenters. The van der Waals surface area contributed by atoms with Gasteiger partial charge in [0.1, 0.15) is 0 Å². The van der Waals surface area contributed by atoms with E-state index in [0.717, 1.165) is 23.7 Å². The molecule has 0 nitrogen and oxygen atoms in total. The van der Waals surface area contributed by atoms with Crippen LogP contribution in [0.1, 0.15) is 215 Å². The van der Waals surface area contributed by atoms with Crippen molar-refractivity contribution in [3.05, 3.63) is 0 Å². The average Bonchev–Trinajstić information content (AvgIpc) is 2.89. The first-order chi connectivity index (χ1) is 18.0. The predicted molar refractivity (Wildman–Crippen MR) is 173 cm³/mol. The van der Waals surface area contributed by atoms with Gasteiger partial charge >= 0.3 is 0 Å². The molecule has 0 rings (SSSR count). The van der Waals surface area contributed by atoms with Crippen LogP contribution in [0.2, 0.25) is 0 Å². The summed E-state index contributed by atoms with van der Waals surface area (Å²) >= 11 is 0. The third kappa shape index (κ3) is 28.8. The van der Waals surface area contributed by atoms with Crippen LogP contribution in [0.25, 0.3) is 0 Å². The minimum Gasteiger partial charge on any atom is -0.0654 e. The normalized spacial score (nSPS) is 15.1. The molecule has 4 atom stereocenters. The van der Waals surface area contributed by atoms with Gasteiger partial charge in [-0.3, -0.25) is 0 Å². The molecular weight excluding hydrogens is 444 g/mol. The summed E-state index contributed by atoms with van der Waals surface area (Å²) in [5.41, 5.74) is 0. The molecule has 37 heavy (non-hydrogen) atoms. The molecule has 0 heteroatoms. The molecule has 0 saturated heterocycles. The summed E-state index contributed by atoms with van der Waals surface area (Å²) in [5.74, 6) is 3.81. The Bertz CT molecular complexity index is 412. The zero-order valence-corrected chi connectivity index (χ0v) is 27.4. The van der Waals surface area contributed by atoms with Crippen LogP contribution in [0.4, 0.5) is 0 Å². The monoisotopic (exact) mass is 521 g/mol. The Balaban J connectivity index is 3.37. The second kappa shape index (κ2) is 29.0. The van der Waals surface area contributed by atoms with E-state index in [1.165, 1.54) is 173 Å². The van der Waals surface area contributed by atoms with Gasteiger partial charge in [0.2, 0.25) is 0 Å². The van der Waals surface area contributed by atoms with E-state index in [2.05, 4.69) is 41.5 Å². The molecule has 0 amide bonds. The minimum absolute atomic E-state index is 0.939. The summed E-state index contributed by atoms with van der Waals surface area (Å²) in [6.45, 7) is 14.6. The van der Waals surface area contributed by atoms with E-state index in [1.807, 2.05) is 0 Å². The molecule has 0 aliphatic rings. The quantitative estimate of drug-likeness (QED) is 0.0826. The smallest absolute Gasteiger partial charge is 0.0443 e. The highest BCUT2D eigenvalue weighted by molar-refractivity contribution is 4.60. The summed E-state index contributed by atoms with van der Waals surface area (Å²) in [4.78, 5) is 0. The van der Waals surface area contributed by atoms with Gasteiger partial charge in [0, 0.05) is 0 Å². The Morgan fingerprint density at radius 2 is 0.486 bits per heavy atom. The van der Waals surface area contributed by atoms with E-state index >= 15 is 0 Å². The summed E-state index contributed by atoms with van der Waals surface area (Å²) in [6.07, 6.45) is 39.5. The summed E-state index contributed by atoms with van der Waals surface area (Å²) in [6, 6.07) is 0. The van der Waals surface area contributed by atoms with Crippen LogP contribution in [-0.2, 0) is 0 Å². The highest BCUT2D eigenvalue weighted by Crippen LogP contribution is 2.22. The van der Waals surface area contributed by atoms with Gasteiger partial charge in [0.05, 0.1) is 0 Å². The fourth-order valence-corrected chi connectivity index (χ4v) is 6.10. The van der Waals surface area contributed by atoms with Crippen LogP contribution in [0.3, 0.4) is 0 Å². The fourth-order valence-electron chi connectivity index (χ4n) is 6.10. The molecule has 0 aliphatic carbocycles. The lowest BCUT2D eigenvalue weighted by atomic mass is 9.93. The molecule has 0 radical (unpaired) electrons. The van der Waals surface area contributed by atoms with Crippen molar-refractivity contribution in [3.8, 4) is 0 Å². The van der Waals surface area contributed by atoms with E-state index in [-0.39, 0.29) is 0 Å². The highest BCUT2D eigenvalue weighted by Gasteiger charge is 2.06. The molecule has 0 N–H and O–H groups in total. The van der Waals surface area contributed by atoms with Crippen molar-refractivity contribution in [1.29, 1.82) is 0 Å². The Morgan fingerprint density at radius 1 is 0.270 bits per heavy atom. The molecule has 0 aliphatic heterocycles. The van der Waals surface area contributed by atoms with Crippen LogP contribution in [0.5, 0.6) is 0 Å². The average molecular weight is 521 g/mol. The van der Waals surface area contributed by atoms with Crippen molar-refractivity contribution >= 4 is 0 Å². The molecule has 0 bridgehead atoms. The van der Waals surface area contributed by atoms with Crippen LogP contribution < -0.4 is 0 Å². The minimum atomic E-state index is 0.939. The maximum absolute atomic E-state index is 2.51. The van der Waals surface area contributed by atoms with Crippen molar-refractivity contribution in [2.24, 2.45) is 23.7 Å². The van der Waals surface area contributed by atoms with Crippen molar-refractivity contribution in [2.75, 3.05) is 0 Å². The first kappa shape index (κ1) is 37.0. The van der Waals surface area contributed by atoms with Crippen molar-refractivity contribution in [1.82, 2.24) is 0 Å². The molecule has 0 heterocycles. The number of rotatable bonds is 30. The third-order valence-corrected chi connectivity index (χ3v) is 9.43. The van der Waals surface area contributed by atoms with Crippen LogP contribution in [-0.4, -0.2) is 0 Å². The van der Waals surface area contributed by atoms with E-state index in [1.54, 1.807) is 0 Å². The fraction of sp³-hybridized carbons (Fsp3) is 1.00. The third-order valence-electron chi connectivity index (χ3n) is 9.43. The van der Waals surface area contributed by atoms with E-state index < -0.39 is 0 Å². The van der Waals surface area contributed by atoms with Gasteiger partial charge in [-0.25, -0.2) is 0 Å². The highest BCUT2D eigenvalue weighted by atomic mass is 14.1. The summed E-state index contributed by atoms with van der Waals surface area (Å²) < 4.78 is 0. The molecule has 224 valence electrons. The van der Waals surface area contributed by atoms with Crippen LogP contribution in [0, 0.1) is 23.7 Å². The second-order valence-electron chi connectivity index (χ2n) is 13.7. The van der Waals surface area contributed by atoms with E-state index in [0.29, 0.717) is 0 Å². The molecule has 0 aromatic rings. The lowest BCUT2D eigenvalue weighted by Crippen LogP contribution is -1.98. The van der Waals surface area contributed by atoms with Crippen molar-refractivity contribution < 1.29 is 0 Å². The number of hydrogen-bond donors (Lipinski definition) is 0. The molecule has 0 aromatic carbocycles. The zero-order valence-electron chi connectivity index (χ0n) is 27.4. The first-order valence-electron chi connectivity index (χ1n) is 18.0. The molecular formula is C37H76. The molecule has 0 aromatic heterocycles. The lowest BCUT2D eigenvalue weighted by Gasteiger charge is -2.14.